The monoisotopic (exact) mass is 286 g/mol. The highest BCUT2D eigenvalue weighted by Crippen LogP contribution is 2.28. The fourth-order valence-electron chi connectivity index (χ4n) is 1.64. The minimum absolute atomic E-state index is 0.222. The van der Waals surface area contributed by atoms with Gasteiger partial charge >= 0.3 is 0 Å². The van der Waals surface area contributed by atoms with Crippen molar-refractivity contribution >= 4 is 27.3 Å². The van der Waals surface area contributed by atoms with Gasteiger partial charge in [-0.25, -0.2) is 0 Å². The highest BCUT2D eigenvalue weighted by Gasteiger charge is 2.09. The van der Waals surface area contributed by atoms with Crippen molar-refractivity contribution in [1.82, 2.24) is 0 Å². The van der Waals surface area contributed by atoms with E-state index in [-0.39, 0.29) is 12.1 Å². The second-order valence-electron chi connectivity index (χ2n) is 4.32. The Morgan fingerprint density at radius 2 is 2.06 bits per heavy atom. The predicted molar refractivity (Wildman–Crippen MR) is 72.7 cm³/mol. The molecule has 1 aromatic carbocycles. The Bertz CT molecular complexity index is 366. The Hall–Kier alpha value is -0.740. The van der Waals surface area contributed by atoms with Crippen LogP contribution < -0.4 is 11.1 Å². The van der Waals surface area contributed by atoms with Gasteiger partial charge in [0.2, 0.25) is 0 Å². The third-order valence-electron chi connectivity index (χ3n) is 2.45. The van der Waals surface area contributed by atoms with Crippen LogP contribution in [0.2, 0.25) is 0 Å². The summed E-state index contributed by atoms with van der Waals surface area (Å²) >= 11 is 3.47. The summed E-state index contributed by atoms with van der Waals surface area (Å²) in [5, 5.41) is 12.6. The Labute approximate surface area is 105 Å². The van der Waals surface area contributed by atoms with Crippen molar-refractivity contribution in [3.05, 3.63) is 22.2 Å². The minimum Gasteiger partial charge on any atom is -0.398 e. The first-order chi connectivity index (χ1) is 7.40. The van der Waals surface area contributed by atoms with Crippen molar-refractivity contribution in [1.29, 1.82) is 0 Å². The topological polar surface area (TPSA) is 58.3 Å². The number of halogens is 1. The summed E-state index contributed by atoms with van der Waals surface area (Å²) in [4.78, 5) is 0. The molecule has 0 spiro atoms. The number of nitrogens with two attached hydrogens (primary N) is 1. The van der Waals surface area contributed by atoms with Crippen LogP contribution in [0.15, 0.2) is 16.6 Å². The molecule has 0 fully saturated rings. The lowest BCUT2D eigenvalue weighted by Crippen LogP contribution is -2.20. The minimum atomic E-state index is -0.295. The van der Waals surface area contributed by atoms with Gasteiger partial charge < -0.3 is 16.2 Å². The number of benzene rings is 1. The van der Waals surface area contributed by atoms with Crippen LogP contribution in [0.4, 0.5) is 11.4 Å². The van der Waals surface area contributed by atoms with Gasteiger partial charge in [-0.1, -0.05) is 0 Å². The molecule has 0 saturated carbocycles. The highest BCUT2D eigenvalue weighted by molar-refractivity contribution is 9.10. The molecule has 1 rings (SSSR count). The van der Waals surface area contributed by atoms with Crippen molar-refractivity contribution in [2.45, 2.75) is 39.3 Å². The summed E-state index contributed by atoms with van der Waals surface area (Å²) in [6, 6.07) is 4.13. The summed E-state index contributed by atoms with van der Waals surface area (Å²) in [7, 11) is 0. The molecule has 4 N–H and O–H groups in total. The molecule has 2 atom stereocenters. The molecule has 0 aliphatic carbocycles. The van der Waals surface area contributed by atoms with Gasteiger partial charge in [0.05, 0.1) is 6.10 Å². The van der Waals surface area contributed by atoms with Crippen molar-refractivity contribution in [2.75, 3.05) is 11.1 Å². The zero-order valence-corrected chi connectivity index (χ0v) is 11.5. The second kappa shape index (κ2) is 5.55. The number of anilines is 2. The van der Waals surface area contributed by atoms with Crippen LogP contribution in [-0.4, -0.2) is 17.3 Å². The van der Waals surface area contributed by atoms with Crippen LogP contribution in [-0.2, 0) is 0 Å². The molecule has 0 bridgehead atoms. The fraction of sp³-hybridized carbons (Fsp3) is 0.500. The van der Waals surface area contributed by atoms with Crippen LogP contribution in [0, 0.1) is 6.92 Å². The zero-order chi connectivity index (χ0) is 12.3. The van der Waals surface area contributed by atoms with E-state index in [1.807, 2.05) is 26.0 Å². The SMILES string of the molecule is Cc1cc(NC(C)CC(C)O)c(Br)cc1N. The van der Waals surface area contributed by atoms with Crippen LogP contribution in [0.3, 0.4) is 0 Å². The van der Waals surface area contributed by atoms with Gasteiger partial charge in [-0.2, -0.15) is 0 Å². The van der Waals surface area contributed by atoms with Crippen LogP contribution >= 0.6 is 15.9 Å². The molecule has 0 saturated heterocycles. The molecule has 0 aliphatic rings. The van der Waals surface area contributed by atoms with Gasteiger partial charge in [-0.05, 0) is 60.8 Å². The molecule has 90 valence electrons. The van der Waals surface area contributed by atoms with E-state index in [2.05, 4.69) is 21.2 Å². The summed E-state index contributed by atoms with van der Waals surface area (Å²) in [6.07, 6.45) is 0.423. The summed E-state index contributed by atoms with van der Waals surface area (Å²) in [5.41, 5.74) is 8.65. The van der Waals surface area contributed by atoms with Crippen LogP contribution in [0.1, 0.15) is 25.8 Å². The third-order valence-corrected chi connectivity index (χ3v) is 3.11. The van der Waals surface area contributed by atoms with Crippen molar-refractivity contribution in [3.63, 3.8) is 0 Å². The largest absolute Gasteiger partial charge is 0.398 e. The molecule has 4 heteroatoms. The Morgan fingerprint density at radius 1 is 1.44 bits per heavy atom. The molecule has 1 aromatic rings. The Balaban J connectivity index is 2.77. The number of aryl methyl sites for hydroxylation is 1. The molecule has 0 amide bonds. The lowest BCUT2D eigenvalue weighted by atomic mass is 10.1. The van der Waals surface area contributed by atoms with Crippen LogP contribution in [0.5, 0.6) is 0 Å². The lowest BCUT2D eigenvalue weighted by Gasteiger charge is -2.18. The highest BCUT2D eigenvalue weighted by atomic mass is 79.9. The number of hydrogen-bond acceptors (Lipinski definition) is 3. The third kappa shape index (κ3) is 3.68. The predicted octanol–water partition coefficient (Wildman–Crippen LogP) is 2.91. The van der Waals surface area contributed by atoms with Gasteiger partial charge in [0.1, 0.15) is 0 Å². The van der Waals surface area contributed by atoms with Gasteiger partial charge in [0.15, 0.2) is 0 Å². The Morgan fingerprint density at radius 3 is 2.62 bits per heavy atom. The number of aliphatic hydroxyl groups excluding tert-OH is 1. The van der Waals surface area contributed by atoms with E-state index in [0.29, 0.717) is 0 Å². The van der Waals surface area contributed by atoms with E-state index in [9.17, 15) is 5.11 Å². The normalized spacial score (nSPS) is 14.6. The Kier molecular flexibility index (Phi) is 4.62. The molecule has 0 heterocycles. The van der Waals surface area contributed by atoms with Gasteiger partial charge in [-0.3, -0.25) is 0 Å². The molecule has 16 heavy (non-hydrogen) atoms. The van der Waals surface area contributed by atoms with E-state index in [0.717, 1.165) is 27.8 Å². The number of hydrogen-bond donors (Lipinski definition) is 3. The van der Waals surface area contributed by atoms with E-state index in [1.54, 1.807) is 6.92 Å². The van der Waals surface area contributed by atoms with E-state index < -0.39 is 0 Å². The number of aliphatic hydroxyl groups is 1. The second-order valence-corrected chi connectivity index (χ2v) is 5.17. The van der Waals surface area contributed by atoms with E-state index >= 15 is 0 Å². The van der Waals surface area contributed by atoms with Crippen molar-refractivity contribution in [2.24, 2.45) is 0 Å². The summed E-state index contributed by atoms with van der Waals surface area (Å²) in [5.74, 6) is 0. The summed E-state index contributed by atoms with van der Waals surface area (Å²) < 4.78 is 0.952. The molecular formula is C12H19BrN2O. The number of rotatable bonds is 4. The first-order valence-corrected chi connectivity index (χ1v) is 6.19. The lowest BCUT2D eigenvalue weighted by molar-refractivity contribution is 0.179. The van der Waals surface area contributed by atoms with Crippen molar-refractivity contribution in [3.8, 4) is 0 Å². The number of nitrogen functional groups attached to an aromatic ring is 1. The zero-order valence-electron chi connectivity index (χ0n) is 9.92. The smallest absolute Gasteiger partial charge is 0.0531 e. The van der Waals surface area contributed by atoms with Crippen LogP contribution in [0.25, 0.3) is 0 Å². The maximum absolute atomic E-state index is 9.30. The number of nitrogens with one attached hydrogen (secondary N) is 1. The van der Waals surface area contributed by atoms with E-state index in [1.165, 1.54) is 0 Å². The molecule has 2 unspecified atom stereocenters. The van der Waals surface area contributed by atoms with Crippen molar-refractivity contribution < 1.29 is 5.11 Å². The van der Waals surface area contributed by atoms with Gasteiger partial charge in [-0.15, -0.1) is 0 Å². The molecule has 0 aromatic heterocycles. The standard InChI is InChI=1S/C12H19BrN2O/c1-7-4-12(10(13)6-11(7)14)15-8(2)5-9(3)16/h4,6,8-9,15-16H,5,14H2,1-3H3. The maximum Gasteiger partial charge on any atom is 0.0531 e. The molecule has 0 aliphatic heterocycles. The van der Waals surface area contributed by atoms with E-state index in [4.69, 9.17) is 5.73 Å². The average Bonchev–Trinajstić information content (AvgIpc) is 2.12. The first kappa shape index (κ1) is 13.3. The molecule has 3 nitrogen and oxygen atoms in total. The van der Waals surface area contributed by atoms with Gasteiger partial charge in [0, 0.05) is 21.9 Å². The fourth-order valence-corrected chi connectivity index (χ4v) is 2.12. The maximum atomic E-state index is 9.30. The average molecular weight is 287 g/mol. The molecular weight excluding hydrogens is 268 g/mol. The molecule has 0 radical (unpaired) electrons. The summed E-state index contributed by atoms with van der Waals surface area (Å²) in [6.45, 7) is 5.82. The first-order valence-electron chi connectivity index (χ1n) is 5.40. The van der Waals surface area contributed by atoms with Gasteiger partial charge in [0.25, 0.3) is 0 Å². The quantitative estimate of drug-likeness (QED) is 0.746.